The molecule has 222 valence electrons. The summed E-state index contributed by atoms with van der Waals surface area (Å²) in [4.78, 5) is 29.7. The van der Waals surface area contributed by atoms with Crippen LogP contribution in [0.25, 0.3) is 10.4 Å². The summed E-state index contributed by atoms with van der Waals surface area (Å²) < 4.78 is 40.1. The standard InChI is InChI=1S/C28H42N4O6S2/c1-17(2)37-25(33)31-20-13-14-21(23(15-20)40(35,36)32-27(3,4)5)22-16-29-24(39-22)18-9-11-19(12-10-18)30-26(34)38-28(6,7)8/h13-19,32H,9-12H2,1-8H3,(H,30,34)(H,31,33). The van der Waals surface area contributed by atoms with Crippen LogP contribution in [-0.4, -0.2) is 48.9 Å². The van der Waals surface area contributed by atoms with E-state index < -0.39 is 33.3 Å². The molecule has 1 heterocycles. The molecule has 0 spiro atoms. The van der Waals surface area contributed by atoms with E-state index in [4.69, 9.17) is 9.47 Å². The van der Waals surface area contributed by atoms with Crippen LogP contribution in [0.15, 0.2) is 29.3 Å². The highest BCUT2D eigenvalue weighted by Gasteiger charge is 2.29. The van der Waals surface area contributed by atoms with Gasteiger partial charge in [0.25, 0.3) is 0 Å². The Morgan fingerprint density at radius 2 is 1.68 bits per heavy atom. The predicted molar refractivity (Wildman–Crippen MR) is 157 cm³/mol. The molecule has 3 N–H and O–H groups in total. The molecule has 0 bridgehead atoms. The number of nitrogens with zero attached hydrogens (tertiary/aromatic N) is 1. The molecule has 2 aromatic rings. The lowest BCUT2D eigenvalue weighted by Crippen LogP contribution is -2.40. The van der Waals surface area contributed by atoms with Crippen LogP contribution in [0.4, 0.5) is 15.3 Å². The van der Waals surface area contributed by atoms with Crippen molar-refractivity contribution in [2.75, 3.05) is 5.32 Å². The van der Waals surface area contributed by atoms with Gasteiger partial charge < -0.3 is 14.8 Å². The van der Waals surface area contributed by atoms with E-state index in [1.165, 1.54) is 17.4 Å². The maximum Gasteiger partial charge on any atom is 0.411 e. The average Bonchev–Trinajstić information content (AvgIpc) is 3.26. The third-order valence-electron chi connectivity index (χ3n) is 5.89. The zero-order valence-electron chi connectivity index (χ0n) is 24.6. The van der Waals surface area contributed by atoms with Gasteiger partial charge in [0.1, 0.15) is 5.60 Å². The summed E-state index contributed by atoms with van der Waals surface area (Å²) in [6.07, 6.45) is 3.64. The van der Waals surface area contributed by atoms with Crippen molar-refractivity contribution in [3.63, 3.8) is 0 Å². The van der Waals surface area contributed by atoms with Crippen molar-refractivity contribution in [3.8, 4) is 10.4 Å². The number of rotatable bonds is 7. The van der Waals surface area contributed by atoms with E-state index in [-0.39, 0.29) is 23.0 Å². The molecule has 0 aliphatic heterocycles. The number of thiazole rings is 1. The minimum atomic E-state index is -3.94. The van der Waals surface area contributed by atoms with Crippen molar-refractivity contribution < 1.29 is 27.5 Å². The van der Waals surface area contributed by atoms with E-state index in [1.54, 1.807) is 52.9 Å². The largest absolute Gasteiger partial charge is 0.447 e. The van der Waals surface area contributed by atoms with E-state index in [9.17, 15) is 18.0 Å². The van der Waals surface area contributed by atoms with Gasteiger partial charge in [-0.25, -0.2) is 27.7 Å². The molecule has 1 aliphatic rings. The number of alkyl carbamates (subject to hydrolysis) is 1. The fourth-order valence-electron chi connectivity index (χ4n) is 4.41. The number of carbonyl (C=O) groups is 2. The molecule has 2 amide bonds. The second kappa shape index (κ2) is 12.4. The Morgan fingerprint density at radius 3 is 2.25 bits per heavy atom. The fourth-order valence-corrected chi connectivity index (χ4v) is 7.26. The van der Waals surface area contributed by atoms with E-state index >= 15 is 0 Å². The van der Waals surface area contributed by atoms with Crippen molar-refractivity contribution in [2.45, 2.75) is 115 Å². The highest BCUT2D eigenvalue weighted by atomic mass is 32.2. The second-order valence-electron chi connectivity index (χ2n) is 12.4. The van der Waals surface area contributed by atoms with Gasteiger partial charge in [-0.1, -0.05) is 6.07 Å². The van der Waals surface area contributed by atoms with Gasteiger partial charge in [0.05, 0.1) is 20.9 Å². The summed E-state index contributed by atoms with van der Waals surface area (Å²) in [5.41, 5.74) is -0.437. The van der Waals surface area contributed by atoms with Crippen molar-refractivity contribution in [3.05, 3.63) is 29.4 Å². The van der Waals surface area contributed by atoms with Crippen molar-refractivity contribution >= 4 is 39.2 Å². The lowest BCUT2D eigenvalue weighted by molar-refractivity contribution is 0.0491. The Kier molecular flexibility index (Phi) is 9.90. The summed E-state index contributed by atoms with van der Waals surface area (Å²) in [6.45, 7) is 14.3. The summed E-state index contributed by atoms with van der Waals surface area (Å²) in [5, 5.41) is 6.50. The zero-order valence-corrected chi connectivity index (χ0v) is 26.2. The highest BCUT2D eigenvalue weighted by Crippen LogP contribution is 2.40. The number of hydrogen-bond donors (Lipinski definition) is 3. The molecular formula is C28H42N4O6S2. The van der Waals surface area contributed by atoms with Crippen LogP contribution in [0.3, 0.4) is 0 Å². The van der Waals surface area contributed by atoms with Crippen molar-refractivity contribution in [2.24, 2.45) is 0 Å². The van der Waals surface area contributed by atoms with Gasteiger partial charge in [-0.2, -0.15) is 0 Å². The predicted octanol–water partition coefficient (Wildman–Crippen LogP) is 6.39. The molecule has 3 rings (SSSR count). The molecular weight excluding hydrogens is 552 g/mol. The number of anilines is 1. The highest BCUT2D eigenvalue weighted by molar-refractivity contribution is 7.89. The Morgan fingerprint density at radius 1 is 1.02 bits per heavy atom. The molecule has 12 heteroatoms. The summed E-state index contributed by atoms with van der Waals surface area (Å²) in [5.74, 6) is 0.218. The van der Waals surface area contributed by atoms with E-state index in [1.807, 2.05) is 20.8 Å². The first-order chi connectivity index (χ1) is 18.4. The Bertz CT molecular complexity index is 1300. The van der Waals surface area contributed by atoms with Gasteiger partial charge in [-0.05, 0) is 93.2 Å². The third kappa shape index (κ3) is 9.45. The quantitative estimate of drug-likeness (QED) is 0.338. The number of nitrogens with one attached hydrogen (secondary N) is 3. The molecule has 10 nitrogen and oxygen atoms in total. The van der Waals surface area contributed by atoms with Crippen LogP contribution in [0, 0.1) is 0 Å². The van der Waals surface area contributed by atoms with Gasteiger partial charge in [0, 0.05) is 34.9 Å². The molecule has 1 saturated carbocycles. The van der Waals surface area contributed by atoms with Gasteiger partial charge in [0.15, 0.2) is 0 Å². The Labute approximate surface area is 241 Å². The molecule has 1 aromatic heterocycles. The number of amides is 2. The smallest absolute Gasteiger partial charge is 0.411 e. The van der Waals surface area contributed by atoms with E-state index in [0.29, 0.717) is 11.3 Å². The molecule has 1 aromatic carbocycles. The molecule has 1 aliphatic carbocycles. The van der Waals surface area contributed by atoms with Crippen molar-refractivity contribution in [1.29, 1.82) is 0 Å². The number of aromatic nitrogens is 1. The SMILES string of the molecule is CC(C)OC(=O)Nc1ccc(-c2cnc(C3CCC(NC(=O)OC(C)(C)C)CC3)s2)c(S(=O)(=O)NC(C)(C)C)c1. The van der Waals surface area contributed by atoms with Crippen LogP contribution in [0.5, 0.6) is 0 Å². The summed E-state index contributed by atoms with van der Waals surface area (Å²) >= 11 is 1.46. The van der Waals surface area contributed by atoms with E-state index in [2.05, 4.69) is 20.3 Å². The Hall–Kier alpha value is -2.70. The monoisotopic (exact) mass is 594 g/mol. The fraction of sp³-hybridized carbons (Fsp3) is 0.607. The number of benzene rings is 1. The molecule has 40 heavy (non-hydrogen) atoms. The van der Waals surface area contributed by atoms with Crippen molar-refractivity contribution in [1.82, 2.24) is 15.0 Å². The minimum Gasteiger partial charge on any atom is -0.447 e. The second-order valence-corrected chi connectivity index (χ2v) is 15.1. The average molecular weight is 595 g/mol. The van der Waals surface area contributed by atoms with Crippen LogP contribution in [0.2, 0.25) is 0 Å². The number of ether oxygens (including phenoxy) is 2. The first kappa shape index (κ1) is 31.8. The molecule has 0 radical (unpaired) electrons. The number of hydrogen-bond acceptors (Lipinski definition) is 8. The van der Waals surface area contributed by atoms with Crippen LogP contribution in [0.1, 0.15) is 92.0 Å². The first-order valence-corrected chi connectivity index (χ1v) is 15.8. The normalized spacial score (nSPS) is 18.3. The van der Waals surface area contributed by atoms with Gasteiger partial charge in [-0.15, -0.1) is 11.3 Å². The maximum atomic E-state index is 13.5. The summed E-state index contributed by atoms with van der Waals surface area (Å²) in [6, 6.07) is 4.83. The minimum absolute atomic E-state index is 0.0465. The first-order valence-electron chi connectivity index (χ1n) is 13.5. The Balaban J connectivity index is 1.81. The van der Waals surface area contributed by atoms with E-state index in [0.717, 1.165) is 35.6 Å². The van der Waals surface area contributed by atoms with Crippen LogP contribution >= 0.6 is 11.3 Å². The van der Waals surface area contributed by atoms with Gasteiger partial charge in [0.2, 0.25) is 10.0 Å². The number of carbonyl (C=O) groups excluding carboxylic acids is 2. The lowest BCUT2D eigenvalue weighted by Gasteiger charge is -2.29. The van der Waals surface area contributed by atoms with Gasteiger partial charge >= 0.3 is 12.2 Å². The molecule has 0 atom stereocenters. The third-order valence-corrected chi connectivity index (χ3v) is 8.88. The lowest BCUT2D eigenvalue weighted by atomic mass is 9.86. The molecule has 0 saturated heterocycles. The van der Waals surface area contributed by atoms with Crippen LogP contribution in [-0.2, 0) is 19.5 Å². The molecule has 1 fully saturated rings. The number of sulfonamides is 1. The van der Waals surface area contributed by atoms with Gasteiger partial charge in [-0.3, -0.25) is 5.32 Å². The molecule has 0 unspecified atom stereocenters. The zero-order chi connectivity index (χ0) is 29.9. The van der Waals surface area contributed by atoms with Crippen LogP contribution < -0.4 is 15.4 Å². The topological polar surface area (TPSA) is 136 Å². The summed E-state index contributed by atoms with van der Waals surface area (Å²) in [7, 11) is -3.94. The maximum absolute atomic E-state index is 13.5.